The van der Waals surface area contributed by atoms with Crippen LogP contribution in [0.2, 0.25) is 5.02 Å². The van der Waals surface area contributed by atoms with Crippen LogP contribution in [-0.4, -0.2) is 6.67 Å². The van der Waals surface area contributed by atoms with E-state index in [4.69, 9.17) is 11.6 Å². The summed E-state index contributed by atoms with van der Waals surface area (Å²) < 4.78 is 12.5. The van der Waals surface area contributed by atoms with Crippen LogP contribution >= 0.6 is 11.6 Å². The minimum atomic E-state index is -0.435. The average Bonchev–Trinajstić information content (AvgIpc) is 2.20. The second-order valence-electron chi connectivity index (χ2n) is 3.44. The molecule has 0 atom stereocenters. The molecule has 0 saturated heterocycles. The fourth-order valence-electron chi connectivity index (χ4n) is 1.44. The summed E-state index contributed by atoms with van der Waals surface area (Å²) in [4.78, 5) is 0. The molecule has 1 rings (SSSR count). The Balaban J connectivity index is 3.00. The molecule has 0 saturated carbocycles. The Morgan fingerprint density at radius 2 is 2.14 bits per heavy atom. The second kappa shape index (κ2) is 5.35. The van der Waals surface area contributed by atoms with E-state index in [1.54, 1.807) is 6.92 Å². The number of alkyl halides is 1. The van der Waals surface area contributed by atoms with Gasteiger partial charge in [0.2, 0.25) is 0 Å². The van der Waals surface area contributed by atoms with Crippen molar-refractivity contribution in [3.05, 3.63) is 40.3 Å². The molecule has 0 unspecified atom stereocenters. The Kier molecular flexibility index (Phi) is 4.40. The van der Waals surface area contributed by atoms with Crippen LogP contribution in [0.4, 0.5) is 4.39 Å². The lowest BCUT2D eigenvalue weighted by Crippen LogP contribution is -1.99. The molecule has 0 aliphatic heterocycles. The maximum absolute atomic E-state index is 12.5. The van der Waals surface area contributed by atoms with Gasteiger partial charge in [-0.1, -0.05) is 50.1 Å². The van der Waals surface area contributed by atoms with Crippen molar-refractivity contribution in [2.24, 2.45) is 0 Å². The highest BCUT2D eigenvalue weighted by molar-refractivity contribution is 6.32. The first-order valence-electron chi connectivity index (χ1n) is 4.86. The van der Waals surface area contributed by atoms with Gasteiger partial charge in [0.05, 0.1) is 6.67 Å². The summed E-state index contributed by atoms with van der Waals surface area (Å²) >= 11 is 6.17. The van der Waals surface area contributed by atoms with Gasteiger partial charge in [-0.25, -0.2) is 0 Å². The van der Waals surface area contributed by atoms with Gasteiger partial charge in [0.1, 0.15) is 0 Å². The zero-order valence-corrected chi connectivity index (χ0v) is 9.37. The summed E-state index contributed by atoms with van der Waals surface area (Å²) in [7, 11) is 0. The Hall–Kier alpha value is -0.560. The molecule has 0 aromatic heterocycles. The Bertz CT molecular complexity index is 296. The molecule has 1 radical (unpaired) electrons. The van der Waals surface area contributed by atoms with E-state index < -0.39 is 6.67 Å². The van der Waals surface area contributed by atoms with E-state index in [-0.39, 0.29) is 0 Å². The minimum absolute atomic E-state index is 0.435. The highest BCUT2D eigenvalue weighted by atomic mass is 35.5. The van der Waals surface area contributed by atoms with Crippen molar-refractivity contribution in [3.8, 4) is 0 Å². The third-order valence-corrected chi connectivity index (χ3v) is 2.70. The van der Waals surface area contributed by atoms with E-state index in [0.717, 1.165) is 24.0 Å². The molecular weight excluding hydrogens is 199 g/mol. The van der Waals surface area contributed by atoms with Crippen molar-refractivity contribution in [3.63, 3.8) is 0 Å². The first-order chi connectivity index (χ1) is 6.70. The van der Waals surface area contributed by atoms with Gasteiger partial charge in [0.15, 0.2) is 0 Å². The van der Waals surface area contributed by atoms with Crippen molar-refractivity contribution in [1.29, 1.82) is 0 Å². The fourth-order valence-corrected chi connectivity index (χ4v) is 1.83. The minimum Gasteiger partial charge on any atom is -0.250 e. The smallest absolute Gasteiger partial charge is 0.0998 e. The summed E-state index contributed by atoms with van der Waals surface area (Å²) in [5.74, 6) is 0.702. The van der Waals surface area contributed by atoms with E-state index >= 15 is 0 Å². The lowest BCUT2D eigenvalue weighted by atomic mass is 9.98. The molecule has 1 aromatic rings. The van der Waals surface area contributed by atoms with E-state index in [1.165, 1.54) is 0 Å². The highest BCUT2D eigenvalue weighted by Crippen LogP contribution is 2.28. The summed E-state index contributed by atoms with van der Waals surface area (Å²) in [6, 6.07) is 5.81. The normalized spacial score (nSPS) is 10.9. The molecule has 0 N–H and O–H groups in total. The molecule has 0 fully saturated rings. The van der Waals surface area contributed by atoms with Crippen LogP contribution in [0.15, 0.2) is 18.2 Å². The quantitative estimate of drug-likeness (QED) is 0.703. The fraction of sp³-hybridized carbons (Fsp3) is 0.417. The molecule has 0 heterocycles. The van der Waals surface area contributed by atoms with E-state index in [1.807, 2.05) is 18.2 Å². The van der Waals surface area contributed by atoms with Crippen LogP contribution in [0.3, 0.4) is 0 Å². The van der Waals surface area contributed by atoms with Crippen molar-refractivity contribution in [2.45, 2.75) is 26.7 Å². The summed E-state index contributed by atoms with van der Waals surface area (Å²) in [6.07, 6.45) is 2.00. The maximum Gasteiger partial charge on any atom is 0.0998 e. The molecule has 77 valence electrons. The Morgan fingerprint density at radius 3 is 2.71 bits per heavy atom. The molecule has 0 spiro atoms. The van der Waals surface area contributed by atoms with Gasteiger partial charge in [-0.2, -0.15) is 0 Å². The second-order valence-corrected chi connectivity index (χ2v) is 3.82. The predicted octanol–water partition coefficient (Wildman–Crippen LogP) is 4.20. The van der Waals surface area contributed by atoms with Gasteiger partial charge in [0, 0.05) is 10.9 Å². The zero-order valence-electron chi connectivity index (χ0n) is 8.61. The van der Waals surface area contributed by atoms with Crippen molar-refractivity contribution in [2.75, 3.05) is 6.67 Å². The van der Waals surface area contributed by atoms with Gasteiger partial charge in [0.25, 0.3) is 0 Å². The van der Waals surface area contributed by atoms with Crippen LogP contribution in [0, 0.1) is 5.92 Å². The van der Waals surface area contributed by atoms with Crippen LogP contribution in [0.5, 0.6) is 0 Å². The van der Waals surface area contributed by atoms with Crippen LogP contribution in [0.25, 0.3) is 0 Å². The standard InChI is InChI=1S/C12H15ClF/c1-3-5-10-6-4-7-11(12(10)13)9(2)8-14/h4,6-7H,3,5,8H2,1-2H3. The largest absolute Gasteiger partial charge is 0.250 e. The summed E-state index contributed by atoms with van der Waals surface area (Å²) in [6.45, 7) is 3.45. The number of rotatable bonds is 4. The number of benzene rings is 1. The maximum atomic E-state index is 12.5. The molecule has 14 heavy (non-hydrogen) atoms. The molecule has 0 aliphatic carbocycles. The molecule has 1 aromatic carbocycles. The van der Waals surface area contributed by atoms with Gasteiger partial charge >= 0.3 is 0 Å². The molecule has 0 amide bonds. The first-order valence-corrected chi connectivity index (χ1v) is 5.24. The summed E-state index contributed by atoms with van der Waals surface area (Å²) in [5, 5.41) is 0.713. The zero-order chi connectivity index (χ0) is 10.6. The SMILES string of the molecule is CCCc1cccc([C](C)CF)c1Cl. The third-order valence-electron chi connectivity index (χ3n) is 2.26. The molecule has 0 nitrogen and oxygen atoms in total. The number of aryl methyl sites for hydroxylation is 1. The topological polar surface area (TPSA) is 0 Å². The van der Waals surface area contributed by atoms with Crippen molar-refractivity contribution in [1.82, 2.24) is 0 Å². The van der Waals surface area contributed by atoms with Crippen molar-refractivity contribution >= 4 is 11.6 Å². The van der Waals surface area contributed by atoms with Gasteiger partial charge in [-0.05, 0) is 17.5 Å². The van der Waals surface area contributed by atoms with Gasteiger partial charge in [-0.3, -0.25) is 4.39 Å². The number of hydrogen-bond donors (Lipinski definition) is 0. The van der Waals surface area contributed by atoms with E-state index in [9.17, 15) is 4.39 Å². The highest BCUT2D eigenvalue weighted by Gasteiger charge is 2.12. The van der Waals surface area contributed by atoms with Crippen molar-refractivity contribution < 1.29 is 4.39 Å². The number of hydrogen-bond acceptors (Lipinski definition) is 0. The molecule has 0 bridgehead atoms. The first kappa shape index (κ1) is 11.5. The van der Waals surface area contributed by atoms with Crippen LogP contribution < -0.4 is 0 Å². The van der Waals surface area contributed by atoms with E-state index in [2.05, 4.69) is 6.92 Å². The summed E-state index contributed by atoms with van der Waals surface area (Å²) in [5.41, 5.74) is 1.96. The molecular formula is C12H15ClF. The lowest BCUT2D eigenvalue weighted by Gasteiger charge is -2.12. The lowest BCUT2D eigenvalue weighted by molar-refractivity contribution is 0.516. The van der Waals surface area contributed by atoms with Crippen LogP contribution in [0.1, 0.15) is 31.4 Å². The van der Waals surface area contributed by atoms with E-state index in [0.29, 0.717) is 10.9 Å². The number of halogens is 2. The van der Waals surface area contributed by atoms with Gasteiger partial charge < -0.3 is 0 Å². The molecule has 0 aliphatic rings. The predicted molar refractivity (Wildman–Crippen MR) is 59.4 cm³/mol. The Labute approximate surface area is 90.1 Å². The van der Waals surface area contributed by atoms with Crippen LogP contribution in [-0.2, 0) is 6.42 Å². The third kappa shape index (κ3) is 2.48. The monoisotopic (exact) mass is 213 g/mol. The average molecular weight is 214 g/mol. The van der Waals surface area contributed by atoms with Gasteiger partial charge in [-0.15, -0.1) is 0 Å². The molecule has 2 heteroatoms. The Morgan fingerprint density at radius 1 is 1.43 bits per heavy atom.